The smallest absolute Gasteiger partial charge is 0.252 e. The summed E-state index contributed by atoms with van der Waals surface area (Å²) >= 11 is 0. The molecule has 0 spiro atoms. The zero-order valence-electron chi connectivity index (χ0n) is 22.1. The number of ether oxygens (including phenoxy) is 1. The van der Waals surface area contributed by atoms with Gasteiger partial charge in [-0.2, -0.15) is 9.78 Å². The van der Waals surface area contributed by atoms with E-state index in [1.807, 2.05) is 32.9 Å². The van der Waals surface area contributed by atoms with Crippen molar-refractivity contribution in [2.45, 2.75) is 46.5 Å². The summed E-state index contributed by atoms with van der Waals surface area (Å²) < 4.78 is 48.1. The molecule has 0 radical (unpaired) electrons. The Balaban J connectivity index is 1.88. The zero-order chi connectivity index (χ0) is 27.2. The van der Waals surface area contributed by atoms with E-state index in [2.05, 4.69) is 9.67 Å². The molecule has 3 heterocycles. The molecule has 4 aromatic rings. The summed E-state index contributed by atoms with van der Waals surface area (Å²) in [6.07, 6.45) is 4.89. The van der Waals surface area contributed by atoms with Gasteiger partial charge in [0.25, 0.3) is 5.91 Å². The van der Waals surface area contributed by atoms with Crippen molar-refractivity contribution in [2.75, 3.05) is 19.0 Å². The Morgan fingerprint density at radius 3 is 2.45 bits per heavy atom. The number of aromatic nitrogens is 3. The SMILES string of the molecule is CCS(=O)(=O)/C=C/c1c(C2CCOCC2)n(-c2ccc(F)cc2)c2cc3cnn(C(=O)C(C)(C)C)c3cc12. The van der Waals surface area contributed by atoms with Gasteiger partial charge in [-0.3, -0.25) is 4.79 Å². The highest BCUT2D eigenvalue weighted by atomic mass is 32.2. The fourth-order valence-electron chi connectivity index (χ4n) is 5.02. The number of rotatable bonds is 5. The van der Waals surface area contributed by atoms with Gasteiger partial charge in [0.15, 0.2) is 9.84 Å². The summed E-state index contributed by atoms with van der Waals surface area (Å²) in [6, 6.07) is 10.2. The van der Waals surface area contributed by atoms with E-state index in [1.165, 1.54) is 22.2 Å². The number of hydrogen-bond donors (Lipinski definition) is 0. The van der Waals surface area contributed by atoms with Crippen LogP contribution in [0.4, 0.5) is 4.39 Å². The second kappa shape index (κ2) is 9.78. The van der Waals surface area contributed by atoms with Crippen molar-refractivity contribution >= 4 is 43.6 Å². The van der Waals surface area contributed by atoms with Crippen molar-refractivity contribution in [3.8, 4) is 5.69 Å². The molecule has 1 aliphatic rings. The van der Waals surface area contributed by atoms with Crippen molar-refractivity contribution in [1.82, 2.24) is 14.3 Å². The lowest BCUT2D eigenvalue weighted by molar-refractivity contribution is 0.0755. The standard InChI is InChI=1S/C29H32FN3O4S/c1-5-38(35,36)15-12-23-24-17-25-20(18-31-33(25)28(34)29(2,3)4)16-26(24)32(22-8-6-21(30)7-9-22)27(23)19-10-13-37-14-11-19/h6-9,12,15-19H,5,10-11,13-14H2,1-4H3/b15-12+. The van der Waals surface area contributed by atoms with E-state index in [1.54, 1.807) is 31.3 Å². The molecule has 1 fully saturated rings. The Bertz CT molecular complexity index is 1650. The highest BCUT2D eigenvalue weighted by Gasteiger charge is 2.29. The van der Waals surface area contributed by atoms with Crippen LogP contribution in [0.5, 0.6) is 0 Å². The monoisotopic (exact) mass is 537 g/mol. The fourth-order valence-corrected chi connectivity index (χ4v) is 5.55. The second-order valence-electron chi connectivity index (χ2n) is 10.8. The van der Waals surface area contributed by atoms with Gasteiger partial charge in [-0.25, -0.2) is 12.8 Å². The summed E-state index contributed by atoms with van der Waals surface area (Å²) in [5.74, 6) is -0.387. The van der Waals surface area contributed by atoms with Gasteiger partial charge in [-0.15, -0.1) is 0 Å². The first-order valence-electron chi connectivity index (χ1n) is 12.9. The Morgan fingerprint density at radius 2 is 1.82 bits per heavy atom. The van der Waals surface area contributed by atoms with Crippen molar-refractivity contribution in [3.63, 3.8) is 0 Å². The molecule has 5 rings (SSSR count). The third-order valence-corrected chi connectivity index (χ3v) is 8.46. The number of halogens is 1. The van der Waals surface area contributed by atoms with E-state index in [4.69, 9.17) is 4.74 Å². The molecule has 2 aromatic carbocycles. The molecule has 7 nitrogen and oxygen atoms in total. The predicted molar refractivity (Wildman–Crippen MR) is 148 cm³/mol. The van der Waals surface area contributed by atoms with Crippen LogP contribution in [0.25, 0.3) is 33.6 Å². The summed E-state index contributed by atoms with van der Waals surface area (Å²) in [6.45, 7) is 8.35. The molecular formula is C29H32FN3O4S. The Morgan fingerprint density at radius 1 is 1.13 bits per heavy atom. The second-order valence-corrected chi connectivity index (χ2v) is 13.0. The van der Waals surface area contributed by atoms with Crippen LogP contribution in [0, 0.1) is 11.2 Å². The maximum atomic E-state index is 13.9. The maximum Gasteiger partial charge on any atom is 0.252 e. The first-order chi connectivity index (χ1) is 18.0. The molecule has 0 amide bonds. The van der Waals surface area contributed by atoms with Gasteiger partial charge in [0.1, 0.15) is 5.82 Å². The molecular weight excluding hydrogens is 505 g/mol. The molecule has 1 saturated heterocycles. The van der Waals surface area contributed by atoms with Crippen LogP contribution in [0.2, 0.25) is 0 Å². The first-order valence-corrected chi connectivity index (χ1v) is 14.6. The number of fused-ring (bicyclic) bond motifs is 2. The minimum absolute atomic E-state index is 0.0101. The lowest BCUT2D eigenvalue weighted by Gasteiger charge is -2.25. The Labute approximate surface area is 221 Å². The van der Waals surface area contributed by atoms with E-state index >= 15 is 0 Å². The fraction of sp³-hybridized carbons (Fsp3) is 0.379. The van der Waals surface area contributed by atoms with E-state index in [-0.39, 0.29) is 23.4 Å². The van der Waals surface area contributed by atoms with Crippen molar-refractivity contribution in [3.05, 3.63) is 65.1 Å². The number of nitrogens with zero attached hydrogens (tertiary/aromatic N) is 3. The van der Waals surface area contributed by atoms with Crippen molar-refractivity contribution in [2.24, 2.45) is 5.41 Å². The van der Waals surface area contributed by atoms with Crippen LogP contribution in [-0.2, 0) is 14.6 Å². The molecule has 0 N–H and O–H groups in total. The predicted octanol–water partition coefficient (Wildman–Crippen LogP) is 6.11. The highest BCUT2D eigenvalue weighted by molar-refractivity contribution is 7.94. The van der Waals surface area contributed by atoms with Crippen LogP contribution in [0.15, 0.2) is 48.0 Å². The van der Waals surface area contributed by atoms with Gasteiger partial charge in [-0.1, -0.05) is 27.7 Å². The Hall–Kier alpha value is -3.30. The number of sulfone groups is 1. The molecule has 9 heteroatoms. The minimum Gasteiger partial charge on any atom is -0.381 e. The van der Waals surface area contributed by atoms with Crippen LogP contribution in [-0.4, -0.2) is 47.6 Å². The molecule has 1 aliphatic heterocycles. The molecule has 0 unspecified atom stereocenters. The summed E-state index contributed by atoms with van der Waals surface area (Å²) in [7, 11) is -3.40. The molecule has 200 valence electrons. The molecule has 2 aromatic heterocycles. The Kier molecular flexibility index (Phi) is 6.77. The topological polar surface area (TPSA) is 83.2 Å². The number of carbonyl (C=O) groups excluding carboxylic acids is 1. The molecule has 38 heavy (non-hydrogen) atoms. The summed E-state index contributed by atoms with van der Waals surface area (Å²) in [5.41, 5.74) is 3.34. The largest absolute Gasteiger partial charge is 0.381 e. The quantitative estimate of drug-likeness (QED) is 0.307. The van der Waals surface area contributed by atoms with Gasteiger partial charge in [0.2, 0.25) is 0 Å². The average Bonchev–Trinajstić information content (AvgIpc) is 3.44. The van der Waals surface area contributed by atoms with Crippen LogP contribution in [0.1, 0.15) is 62.5 Å². The maximum absolute atomic E-state index is 13.9. The van der Waals surface area contributed by atoms with Crippen molar-refractivity contribution < 1.29 is 22.3 Å². The number of carbonyl (C=O) groups is 1. The third-order valence-electron chi connectivity index (χ3n) is 7.10. The van der Waals surface area contributed by atoms with Gasteiger partial charge in [-0.05, 0) is 55.3 Å². The highest BCUT2D eigenvalue weighted by Crippen LogP contribution is 2.41. The van der Waals surface area contributed by atoms with Crippen LogP contribution < -0.4 is 0 Å². The van der Waals surface area contributed by atoms with Gasteiger partial charge in [0.05, 0.1) is 23.0 Å². The molecule has 0 saturated carbocycles. The first kappa shape index (κ1) is 26.3. The zero-order valence-corrected chi connectivity index (χ0v) is 22.9. The van der Waals surface area contributed by atoms with Gasteiger partial charge >= 0.3 is 0 Å². The lowest BCUT2D eigenvalue weighted by Crippen LogP contribution is -2.27. The molecule has 0 atom stereocenters. The van der Waals surface area contributed by atoms with Crippen LogP contribution in [0.3, 0.4) is 0 Å². The van der Waals surface area contributed by atoms with Gasteiger partial charge in [0, 0.05) is 57.7 Å². The lowest BCUT2D eigenvalue weighted by atomic mass is 9.92. The normalized spacial score (nSPS) is 15.7. The minimum atomic E-state index is -3.40. The van der Waals surface area contributed by atoms with Crippen molar-refractivity contribution in [1.29, 1.82) is 0 Å². The van der Waals surface area contributed by atoms with E-state index in [0.29, 0.717) is 18.7 Å². The van der Waals surface area contributed by atoms with E-state index in [9.17, 15) is 17.6 Å². The molecule has 0 aliphatic carbocycles. The average molecular weight is 538 g/mol. The number of benzene rings is 2. The summed E-state index contributed by atoms with van der Waals surface area (Å²) in [5, 5.41) is 7.25. The van der Waals surface area contributed by atoms with E-state index in [0.717, 1.165) is 46.1 Å². The molecule has 0 bridgehead atoms. The number of hydrogen-bond acceptors (Lipinski definition) is 5. The van der Waals surface area contributed by atoms with E-state index < -0.39 is 15.3 Å². The van der Waals surface area contributed by atoms with Crippen LogP contribution >= 0.6 is 0 Å². The van der Waals surface area contributed by atoms with Gasteiger partial charge < -0.3 is 9.30 Å². The third kappa shape index (κ3) is 4.80. The summed E-state index contributed by atoms with van der Waals surface area (Å²) in [4.78, 5) is 13.2.